The third-order valence-electron chi connectivity index (χ3n) is 13.2. The van der Waals surface area contributed by atoms with Crippen LogP contribution in [0.1, 0.15) is 292 Å². The van der Waals surface area contributed by atoms with Crippen LogP contribution >= 0.6 is 0 Å². The van der Waals surface area contributed by atoms with E-state index in [1.165, 1.54) is 12.4 Å². The Hall–Kier alpha value is -4.41. The Morgan fingerprint density at radius 1 is 0.676 bits per heavy atom. The molecule has 6 heterocycles. The molecule has 0 bridgehead atoms. The zero-order chi connectivity index (χ0) is 171. The number of hydrogen-bond acceptors (Lipinski definition) is 15. The molecule has 4 aliphatic heterocycles. The minimum absolute atomic E-state index is 0. The van der Waals surface area contributed by atoms with E-state index >= 15 is 0 Å². The molecule has 3 fully saturated rings. The standard InChI is InChI=1S/C21H23BN2O5.C15H13BN2O4.C12H24B2O4.B.Na.60H2.H/c1-7-26-18-11-19(24-12-17(18)23-6)27-15-8-9-16(14(10-15)13-25)22-28-20(2,3)21(4,5)29-22;1-3-20-14-7-15(18-8-13(14)17-2)22-11-4-5-12-10(6-11)9-21-16(12)19;1-9(2)10(3,4)16-13(15-9)14-17-11(5,6)12(7,8)18-14;;;;;;;;;;;;;;;;;;;;;;;;;;;;;;;;;;;;;;;;;;;;;;;;;;;;;;;;;;;;;;;/h8-13H,7H2,1-5H3;4-8,19H,3,9H2,1H3;1-8H3;;;60*1H;/q;;;;+1;;;;;;;;;;;;;;;;;;;;;;;;;;;;;;;;;;;;;;;;;;;;;;;;;;;;;;;;;;;;;-1/i;;;;;60*1+1D;. The Kier molecular flexibility index (Phi) is 5.58. The topological polar surface area (TPSA) is 173 Å². The van der Waals surface area contributed by atoms with Gasteiger partial charge in [0.25, 0.3) is 0 Å². The molecule has 0 spiro atoms. The van der Waals surface area contributed by atoms with Crippen molar-refractivity contribution in [2.24, 2.45) is 0 Å². The van der Waals surface area contributed by atoms with Crippen LogP contribution in [-0.2, 0) is 39.2 Å². The van der Waals surface area contributed by atoms with E-state index in [4.69, 9.17) is 243 Å². The summed E-state index contributed by atoms with van der Waals surface area (Å²) < 4.78 is 663. The van der Waals surface area contributed by atoms with Crippen molar-refractivity contribution < 1.29 is 271 Å². The number of carbonyl (C=O) groups excluding carboxylic acids is 1. The molecule has 1 N–H and O–H groups in total. The molecule has 4 aliphatic rings. The van der Waals surface area contributed by atoms with Crippen LogP contribution in [0.4, 0.5) is 11.4 Å². The first-order chi connectivity index (χ1) is 92.3. The van der Waals surface area contributed by atoms with E-state index in [2.05, 4.69) is 19.7 Å². The number of aldehydes is 1. The summed E-state index contributed by atoms with van der Waals surface area (Å²) in [6.45, 7) is 43.2. The van der Waals surface area contributed by atoms with Crippen molar-refractivity contribution in [1.82, 2.24) is 9.97 Å². The molecular weight excluding hydrogens is 918 g/mol. The van der Waals surface area contributed by atoms with E-state index in [1.807, 2.05) is 96.9 Å². The molecular formula is C48H181B5N4NaO13. The first-order valence-corrected chi connectivity index (χ1v) is 22.7. The predicted molar refractivity (Wildman–Crippen MR) is 396 cm³/mol. The molecule has 17 nitrogen and oxygen atoms in total. The van der Waals surface area contributed by atoms with Gasteiger partial charge in [-0.2, -0.15) is 0 Å². The summed E-state index contributed by atoms with van der Waals surface area (Å²) in [6, 6.07) is 13.5. The van der Waals surface area contributed by atoms with Crippen LogP contribution in [0.2, 0.25) is 0 Å². The average molecular weight is 1220 g/mol. The Bertz CT molecular complexity index is 2710. The molecule has 0 atom stereocenters. The maximum Gasteiger partial charge on any atom is 1.00 e. The number of fused-ring (bicyclic) bond motifs is 1. The number of rotatable bonds is 11. The number of benzene rings is 2. The first-order valence-electron chi connectivity index (χ1n) is 82.7. The van der Waals surface area contributed by atoms with Gasteiger partial charge in [-0.05, 0) is 138 Å². The van der Waals surface area contributed by atoms with Crippen LogP contribution in [0, 0.1) is 13.1 Å². The van der Waals surface area contributed by atoms with Gasteiger partial charge in [0.2, 0.25) is 23.1 Å². The summed E-state index contributed by atoms with van der Waals surface area (Å²) in [5.74, 6) is 2.47. The number of aromatic nitrogens is 2. The Labute approximate surface area is 630 Å². The van der Waals surface area contributed by atoms with Crippen molar-refractivity contribution in [3.8, 4) is 34.8 Å². The van der Waals surface area contributed by atoms with Crippen LogP contribution in [0.15, 0.2) is 60.9 Å². The Morgan fingerprint density at radius 3 is 1.46 bits per heavy atom. The van der Waals surface area contributed by atoms with Crippen LogP contribution in [-0.4, -0.2) is 105 Å². The monoisotopic (exact) mass is 1220 g/mol. The number of nitrogens with zero attached hydrogens (tertiary/aromatic N) is 4. The van der Waals surface area contributed by atoms with Gasteiger partial charge in [-0.3, -0.25) is 4.79 Å². The minimum Gasteiger partial charge on any atom is -1.00 e. The van der Waals surface area contributed by atoms with Crippen molar-refractivity contribution in [2.45, 2.75) is 137 Å². The van der Waals surface area contributed by atoms with Gasteiger partial charge >= 0.3 is 57.8 Å². The fourth-order valence-corrected chi connectivity index (χ4v) is 7.06. The molecule has 0 unspecified atom stereocenters. The molecule has 487 valence electrons. The second-order valence-electron chi connectivity index (χ2n) is 19.5. The van der Waals surface area contributed by atoms with E-state index in [0.717, 1.165) is 17.3 Å². The molecule has 0 aliphatic carbocycles. The van der Waals surface area contributed by atoms with Crippen molar-refractivity contribution in [3.63, 3.8) is 0 Å². The number of carbonyl (C=O) groups is 1. The van der Waals surface area contributed by atoms with Gasteiger partial charge in [0.05, 0.1) is 66.6 Å². The van der Waals surface area contributed by atoms with Gasteiger partial charge in [0.1, 0.15) is 29.3 Å². The zero-order valence-electron chi connectivity index (χ0n) is 164. The summed E-state index contributed by atoms with van der Waals surface area (Å²) in [4.78, 5) is 26.7. The fraction of sp³-hybridized carbons (Fsp3) is 0.479. The first kappa shape index (κ1) is 17.1. The van der Waals surface area contributed by atoms with Crippen molar-refractivity contribution in [1.29, 1.82) is 0 Å². The molecule has 2 aromatic heterocycles. The summed E-state index contributed by atoms with van der Waals surface area (Å²) in [5, 5.41) is 9.60. The second-order valence-corrected chi connectivity index (χ2v) is 19.5. The normalized spacial score (nSPS) is 25.7. The van der Waals surface area contributed by atoms with Crippen LogP contribution < -0.4 is 59.4 Å². The van der Waals surface area contributed by atoms with Gasteiger partial charge in [-0.15, -0.1) is 0 Å². The van der Waals surface area contributed by atoms with Gasteiger partial charge < -0.3 is 58.0 Å². The second kappa shape index (κ2) is 23.2. The third kappa shape index (κ3) is 13.2. The molecule has 71 heavy (non-hydrogen) atoms. The zero-order valence-corrected chi connectivity index (χ0v) is 45.5. The van der Waals surface area contributed by atoms with E-state index in [0.29, 0.717) is 71.1 Å². The predicted octanol–water partition coefficient (Wildman–Crippen LogP) is 19.7. The molecule has 0 amide bonds. The van der Waals surface area contributed by atoms with Gasteiger partial charge in [-0.1, -0.05) is 12.1 Å². The third-order valence-corrected chi connectivity index (χ3v) is 13.2. The van der Waals surface area contributed by atoms with Gasteiger partial charge in [0, 0.05) is 217 Å². The maximum atomic E-state index is 11.7. The minimum atomic E-state index is -0.871. The fourth-order valence-electron chi connectivity index (χ4n) is 7.06. The van der Waals surface area contributed by atoms with Crippen LogP contribution in [0.3, 0.4) is 0 Å². The molecule has 0 saturated carbocycles. The van der Waals surface area contributed by atoms with E-state index in [1.54, 1.807) is 48.5 Å². The van der Waals surface area contributed by atoms with Crippen molar-refractivity contribution in [2.75, 3.05) is 13.2 Å². The molecule has 2 aromatic carbocycles. The SMILES string of the molecule is CC1(C)OB(B2OC(C)(C)C(C)(C)O2)OC1(C)C.[2H][2H].[2H][2H].[2H][2H].[2H][2H].[2H][2H].[2H][2H].[2H][2H].[2H][2H].[2H][2H].[2H][2H].[2H][2H].[2H][2H].[2H][2H].[2H][2H].[2H][2H].[2H][2H].[2H][2H].[2H][2H].[2H][2H].[2H][2H].[2H][2H].[2H][2H].[2H][2H].[2H][2H].[2H][2H].[2H][2H].[2H][2H].[2H][2H].[2H][2H].[2H][2H].[2H][2H].[2H][2H].[2H][2H].[2H][2H].[2H][2H].[2H][2H].[2H][2H].[2H][2H].[2H][2H].[2H][2H].[2H][2H].[2H][2H].[2H][2H].[2H][2H].[2H][2H].[2H][2H].[2H][2H].[2H][2H].[2H][2H].[2H][2H].[2H][2H].[2H][2H].[2H][2H].[2H][2H].[2H][2H].[2H][2H].[2H][2H].[2H][2H].[2H][2H].[2H][2H].[B].[C-]#[N+]c1cnc(Oc2ccc(B3OC(C)(C)C(C)(C)O3)c(C=O)c2)cc1OCC.[C-]#[N+]c1cnc(Oc2ccc3c(c2)COB3O)cc1OCC.[H-].[Na+]. The summed E-state index contributed by atoms with van der Waals surface area (Å²) >= 11 is 0. The van der Waals surface area contributed by atoms with Crippen LogP contribution in [0.5, 0.6) is 34.8 Å². The maximum absolute atomic E-state index is 11.7. The number of pyridine rings is 2. The molecule has 3 saturated heterocycles. The quantitative estimate of drug-likeness (QED) is 0.0853. The smallest absolute Gasteiger partial charge is 1.00 e. The van der Waals surface area contributed by atoms with Crippen molar-refractivity contribution in [3.05, 3.63) is 94.9 Å². The molecule has 3 radical (unpaired) electrons. The average Bonchev–Trinajstić information content (AvgIpc) is 1.59. The molecule has 8 rings (SSSR count). The summed E-state index contributed by atoms with van der Waals surface area (Å²) in [6.07, 6.45) is 3.56. The largest absolute Gasteiger partial charge is 1.00 e. The molecule has 23 heteroatoms. The van der Waals surface area contributed by atoms with E-state index in [9.17, 15) is 9.82 Å². The van der Waals surface area contributed by atoms with E-state index < -0.39 is 39.5 Å². The Morgan fingerprint density at radius 2 is 1.07 bits per heavy atom. The number of ether oxygens (including phenoxy) is 4. The molecule has 4 aromatic rings. The summed E-state index contributed by atoms with van der Waals surface area (Å²) in [5.41, 5.74) is 0.885. The Balaban J connectivity index is -0.0000000181. The summed E-state index contributed by atoms with van der Waals surface area (Å²) in [7, 11) is -2.47. The van der Waals surface area contributed by atoms with Gasteiger partial charge in [0.15, 0.2) is 0 Å². The van der Waals surface area contributed by atoms with Crippen LogP contribution in [0.25, 0.3) is 9.69 Å². The van der Waals surface area contributed by atoms with Crippen molar-refractivity contribution >= 4 is 65.3 Å². The van der Waals surface area contributed by atoms with E-state index in [-0.39, 0.29) is 67.7 Å². The number of hydrogen-bond donors (Lipinski definition) is 1. The van der Waals surface area contributed by atoms with Gasteiger partial charge in [-0.25, -0.2) is 19.7 Å².